The van der Waals surface area contributed by atoms with Gasteiger partial charge in [-0.1, -0.05) is 49.5 Å². The summed E-state index contributed by atoms with van der Waals surface area (Å²) >= 11 is 4.94. The molecule has 0 amide bonds. The number of rotatable bonds is 7. The minimum atomic E-state index is -3.45. The summed E-state index contributed by atoms with van der Waals surface area (Å²) in [7, 11) is 0. The number of thioether (sulfide) groups is 1. The van der Waals surface area contributed by atoms with Crippen LogP contribution in [0, 0.1) is 6.92 Å². The van der Waals surface area contributed by atoms with Crippen LogP contribution in [0.5, 0.6) is 0 Å². The Morgan fingerprint density at radius 1 is 1.31 bits per heavy atom. The molecule has 0 aliphatic rings. The molecule has 0 aliphatic heterocycles. The molecule has 1 radical (unpaired) electrons. The normalized spacial score (nSPS) is 14.5. The first-order valence-corrected chi connectivity index (χ1v) is 5.52. The van der Waals surface area contributed by atoms with Crippen LogP contribution < -0.4 is 0 Å². The lowest BCUT2D eigenvalue weighted by Crippen LogP contribution is -2.21. The Morgan fingerprint density at radius 2 is 1.92 bits per heavy atom. The first-order chi connectivity index (χ1) is 6.00. The molecule has 13 heavy (non-hydrogen) atoms. The highest BCUT2D eigenvalue weighted by molar-refractivity contribution is 8.00. The first-order valence-electron chi connectivity index (χ1n) is 4.10. The van der Waals surface area contributed by atoms with E-state index < -0.39 is 10.9 Å². The van der Waals surface area contributed by atoms with E-state index in [1.807, 2.05) is 0 Å². The molecule has 79 valence electrons. The summed E-state index contributed by atoms with van der Waals surface area (Å²) in [5.41, 5.74) is -2.59. The molecule has 0 aromatic carbocycles. The SMILES string of the molecule is [CH2]CCCCCSC(F)(F)C(F)Cl. The van der Waals surface area contributed by atoms with Crippen LogP contribution in [0.2, 0.25) is 0 Å². The molecule has 0 spiro atoms. The third-order valence-corrected chi connectivity index (χ3v) is 2.93. The second-order valence-corrected chi connectivity index (χ2v) is 4.25. The highest BCUT2D eigenvalue weighted by Gasteiger charge is 2.38. The third-order valence-electron chi connectivity index (χ3n) is 1.44. The first kappa shape index (κ1) is 13.4. The second-order valence-electron chi connectivity index (χ2n) is 2.63. The maximum atomic E-state index is 12.5. The molecule has 0 aliphatic carbocycles. The summed E-state index contributed by atoms with van der Waals surface area (Å²) in [6.07, 6.45) is 3.24. The maximum Gasteiger partial charge on any atom is 0.338 e. The lowest BCUT2D eigenvalue weighted by Gasteiger charge is -2.14. The summed E-state index contributed by atoms with van der Waals surface area (Å²) in [5, 5.41) is -3.45. The predicted molar refractivity (Wildman–Crippen MR) is 52.0 cm³/mol. The van der Waals surface area contributed by atoms with Crippen LogP contribution in [-0.2, 0) is 0 Å². The molecule has 0 heterocycles. The standard InChI is InChI=1S/C8H13ClF3S/c1-2-3-4-5-6-13-8(11,12)7(9)10/h7H,1-6H2. The van der Waals surface area contributed by atoms with Crippen LogP contribution in [-0.4, -0.2) is 16.6 Å². The summed E-state index contributed by atoms with van der Waals surface area (Å²) in [4.78, 5) is 0. The molecule has 0 aromatic heterocycles. The maximum absolute atomic E-state index is 12.5. The van der Waals surface area contributed by atoms with Gasteiger partial charge in [0.15, 0.2) is 0 Å². The number of hydrogen-bond acceptors (Lipinski definition) is 1. The summed E-state index contributed by atoms with van der Waals surface area (Å²) < 4.78 is 37.0. The summed E-state index contributed by atoms with van der Waals surface area (Å²) in [5.74, 6) is 0.236. The van der Waals surface area contributed by atoms with Gasteiger partial charge in [-0.3, -0.25) is 0 Å². The van der Waals surface area contributed by atoms with Gasteiger partial charge in [-0.05, 0) is 12.2 Å². The van der Waals surface area contributed by atoms with Gasteiger partial charge in [0.1, 0.15) is 0 Å². The quantitative estimate of drug-likeness (QED) is 0.468. The molecule has 0 bridgehead atoms. The molecule has 0 saturated heterocycles. The fraction of sp³-hybridized carbons (Fsp3) is 0.875. The number of alkyl halides is 4. The van der Waals surface area contributed by atoms with Crippen molar-refractivity contribution in [3.8, 4) is 0 Å². The van der Waals surface area contributed by atoms with E-state index in [-0.39, 0.29) is 17.5 Å². The largest absolute Gasteiger partial charge is 0.338 e. The van der Waals surface area contributed by atoms with Crippen LogP contribution in [0.3, 0.4) is 0 Å². The smallest absolute Gasteiger partial charge is 0.222 e. The Hall–Kier alpha value is 0.430. The topological polar surface area (TPSA) is 0 Å². The van der Waals surface area contributed by atoms with E-state index in [0.717, 1.165) is 19.3 Å². The lowest BCUT2D eigenvalue weighted by atomic mass is 10.2. The zero-order chi connectivity index (χ0) is 10.3. The van der Waals surface area contributed by atoms with Gasteiger partial charge in [-0.2, -0.15) is 8.78 Å². The van der Waals surface area contributed by atoms with Crippen LogP contribution in [0.15, 0.2) is 0 Å². The molecule has 1 atom stereocenters. The van der Waals surface area contributed by atoms with Gasteiger partial charge in [0.05, 0.1) is 0 Å². The van der Waals surface area contributed by atoms with Crippen LogP contribution in [0.1, 0.15) is 25.7 Å². The molecule has 0 rings (SSSR count). The van der Waals surface area contributed by atoms with Crippen molar-refractivity contribution in [2.75, 3.05) is 5.75 Å². The third kappa shape index (κ3) is 6.49. The van der Waals surface area contributed by atoms with Gasteiger partial charge < -0.3 is 0 Å². The predicted octanol–water partition coefficient (Wildman–Crippen LogP) is 4.24. The molecule has 0 saturated carbocycles. The minimum Gasteiger partial charge on any atom is -0.222 e. The van der Waals surface area contributed by atoms with Gasteiger partial charge in [-0.15, -0.1) is 0 Å². The van der Waals surface area contributed by atoms with E-state index in [2.05, 4.69) is 18.5 Å². The van der Waals surface area contributed by atoms with Crippen molar-refractivity contribution in [3.63, 3.8) is 0 Å². The number of unbranched alkanes of at least 4 members (excludes halogenated alkanes) is 3. The summed E-state index contributed by atoms with van der Waals surface area (Å²) in [6, 6.07) is 0. The van der Waals surface area contributed by atoms with Crippen molar-refractivity contribution in [1.82, 2.24) is 0 Å². The van der Waals surface area contributed by atoms with E-state index in [0.29, 0.717) is 6.42 Å². The van der Waals surface area contributed by atoms with Crippen LogP contribution in [0.25, 0.3) is 0 Å². The Morgan fingerprint density at radius 3 is 2.38 bits per heavy atom. The summed E-state index contributed by atoms with van der Waals surface area (Å²) in [6.45, 7) is 3.62. The zero-order valence-electron chi connectivity index (χ0n) is 7.24. The molecule has 1 unspecified atom stereocenters. The average Bonchev–Trinajstić information content (AvgIpc) is 2.03. The molecule has 0 nitrogen and oxygen atoms in total. The van der Waals surface area contributed by atoms with Crippen molar-refractivity contribution >= 4 is 23.4 Å². The Kier molecular flexibility index (Phi) is 7.05. The molecule has 0 aromatic rings. The van der Waals surface area contributed by atoms with Gasteiger partial charge in [-0.25, -0.2) is 4.39 Å². The number of hydrogen-bond donors (Lipinski definition) is 0. The Balaban J connectivity index is 3.41. The fourth-order valence-electron chi connectivity index (χ4n) is 0.727. The van der Waals surface area contributed by atoms with E-state index in [4.69, 9.17) is 0 Å². The molecule has 0 fully saturated rings. The monoisotopic (exact) mass is 233 g/mol. The van der Waals surface area contributed by atoms with Crippen molar-refractivity contribution in [3.05, 3.63) is 6.92 Å². The van der Waals surface area contributed by atoms with E-state index >= 15 is 0 Å². The lowest BCUT2D eigenvalue weighted by molar-refractivity contribution is 0.0537. The van der Waals surface area contributed by atoms with E-state index in [1.54, 1.807) is 0 Å². The van der Waals surface area contributed by atoms with E-state index in [9.17, 15) is 13.2 Å². The molecule has 0 N–H and O–H groups in total. The van der Waals surface area contributed by atoms with Crippen molar-refractivity contribution in [2.45, 2.75) is 36.6 Å². The number of halogens is 4. The Bertz CT molecular complexity index is 131. The molecule has 5 heteroatoms. The second kappa shape index (κ2) is 6.82. The highest BCUT2D eigenvalue weighted by atomic mass is 35.5. The van der Waals surface area contributed by atoms with E-state index in [1.165, 1.54) is 0 Å². The van der Waals surface area contributed by atoms with Crippen LogP contribution >= 0.6 is 23.4 Å². The van der Waals surface area contributed by atoms with Crippen molar-refractivity contribution in [2.24, 2.45) is 0 Å². The van der Waals surface area contributed by atoms with Gasteiger partial charge >= 0.3 is 5.25 Å². The van der Waals surface area contributed by atoms with Gasteiger partial charge in [0, 0.05) is 0 Å². The van der Waals surface area contributed by atoms with Crippen molar-refractivity contribution in [1.29, 1.82) is 0 Å². The van der Waals surface area contributed by atoms with Gasteiger partial charge in [0.25, 0.3) is 0 Å². The highest BCUT2D eigenvalue weighted by Crippen LogP contribution is 2.36. The minimum absolute atomic E-state index is 0.236. The fourth-order valence-corrected chi connectivity index (χ4v) is 1.66. The molecular weight excluding hydrogens is 221 g/mol. The van der Waals surface area contributed by atoms with Crippen molar-refractivity contribution < 1.29 is 13.2 Å². The Labute approximate surface area is 86.2 Å². The van der Waals surface area contributed by atoms with Crippen LogP contribution in [0.4, 0.5) is 13.2 Å². The molecular formula is C8H13ClF3S. The van der Waals surface area contributed by atoms with Gasteiger partial charge in [0.2, 0.25) is 5.63 Å². The zero-order valence-corrected chi connectivity index (χ0v) is 8.81. The average molecular weight is 234 g/mol.